The Morgan fingerprint density at radius 2 is 1.80 bits per heavy atom. The van der Waals surface area contributed by atoms with E-state index in [-0.39, 0.29) is 0 Å². The number of halogens is 2. The van der Waals surface area contributed by atoms with Gasteiger partial charge in [0, 0.05) is 21.2 Å². The lowest BCUT2D eigenvalue weighted by atomic mass is 9.76. The van der Waals surface area contributed by atoms with E-state index in [0.717, 1.165) is 9.50 Å². The van der Waals surface area contributed by atoms with Crippen LogP contribution in [0.15, 0.2) is 46.9 Å². The Balaban J connectivity index is 1.60. The highest BCUT2D eigenvalue weighted by molar-refractivity contribution is 9.10. The molecule has 0 aromatic heterocycles. The van der Waals surface area contributed by atoms with Crippen molar-refractivity contribution in [3.63, 3.8) is 0 Å². The molecule has 0 amide bonds. The summed E-state index contributed by atoms with van der Waals surface area (Å²) >= 11 is 9.53. The topological polar surface area (TPSA) is 12.0 Å². The standard InChI is InChI=1S/C17H17BrClN/c1-11-2-7-16(18)17(8-11)20-15-9-13(10-15)12-3-5-14(19)6-4-12/h2-8,13,15,20H,9-10H2,1H3. The molecule has 20 heavy (non-hydrogen) atoms. The first-order valence-corrected chi connectivity index (χ1v) is 8.07. The molecule has 1 nitrogen and oxygen atoms in total. The second kappa shape index (κ2) is 5.79. The molecule has 2 aromatic carbocycles. The van der Waals surface area contributed by atoms with Gasteiger partial charge in [-0.1, -0.05) is 29.8 Å². The van der Waals surface area contributed by atoms with E-state index in [1.807, 2.05) is 12.1 Å². The van der Waals surface area contributed by atoms with Crippen LogP contribution in [-0.4, -0.2) is 6.04 Å². The van der Waals surface area contributed by atoms with E-state index in [9.17, 15) is 0 Å². The predicted molar refractivity (Wildman–Crippen MR) is 89.7 cm³/mol. The number of hydrogen-bond donors (Lipinski definition) is 1. The lowest BCUT2D eigenvalue weighted by Gasteiger charge is -2.37. The number of aryl methyl sites for hydroxylation is 1. The van der Waals surface area contributed by atoms with Gasteiger partial charge in [0.05, 0.1) is 0 Å². The molecule has 1 fully saturated rings. The van der Waals surface area contributed by atoms with Crippen LogP contribution in [0.1, 0.15) is 29.9 Å². The van der Waals surface area contributed by atoms with Gasteiger partial charge in [0.15, 0.2) is 0 Å². The summed E-state index contributed by atoms with van der Waals surface area (Å²) in [6.07, 6.45) is 2.37. The Labute approximate surface area is 133 Å². The lowest BCUT2D eigenvalue weighted by molar-refractivity contribution is 0.374. The highest BCUT2D eigenvalue weighted by Crippen LogP contribution is 2.39. The molecule has 0 spiro atoms. The summed E-state index contributed by atoms with van der Waals surface area (Å²) < 4.78 is 1.14. The zero-order valence-corrected chi connectivity index (χ0v) is 13.7. The van der Waals surface area contributed by atoms with E-state index in [0.29, 0.717) is 12.0 Å². The van der Waals surface area contributed by atoms with E-state index >= 15 is 0 Å². The van der Waals surface area contributed by atoms with Crippen LogP contribution in [0.3, 0.4) is 0 Å². The minimum absolute atomic E-state index is 0.564. The van der Waals surface area contributed by atoms with Gasteiger partial charge in [-0.25, -0.2) is 0 Å². The Bertz CT molecular complexity index is 603. The van der Waals surface area contributed by atoms with Gasteiger partial charge in [-0.2, -0.15) is 0 Å². The SMILES string of the molecule is Cc1ccc(Br)c(NC2CC(c3ccc(Cl)cc3)C2)c1. The van der Waals surface area contributed by atoms with Crippen LogP contribution in [0.25, 0.3) is 0 Å². The summed E-state index contributed by atoms with van der Waals surface area (Å²) in [6, 6.07) is 15.2. The number of nitrogens with one attached hydrogen (secondary N) is 1. The van der Waals surface area contributed by atoms with Crippen molar-refractivity contribution in [1.82, 2.24) is 0 Å². The van der Waals surface area contributed by atoms with Crippen LogP contribution < -0.4 is 5.32 Å². The number of benzene rings is 2. The molecule has 3 rings (SSSR count). The van der Waals surface area contributed by atoms with E-state index < -0.39 is 0 Å². The van der Waals surface area contributed by atoms with Gasteiger partial charge < -0.3 is 5.32 Å². The Kier molecular flexibility index (Phi) is 4.04. The Morgan fingerprint density at radius 3 is 2.50 bits per heavy atom. The van der Waals surface area contributed by atoms with E-state index in [2.05, 4.69) is 58.5 Å². The van der Waals surface area contributed by atoms with Gasteiger partial charge in [-0.3, -0.25) is 0 Å². The van der Waals surface area contributed by atoms with Crippen molar-refractivity contribution in [2.45, 2.75) is 31.7 Å². The van der Waals surface area contributed by atoms with Crippen molar-refractivity contribution in [2.75, 3.05) is 5.32 Å². The third kappa shape index (κ3) is 3.02. The summed E-state index contributed by atoms with van der Waals surface area (Å²) in [4.78, 5) is 0. The Hall–Kier alpha value is -0.990. The van der Waals surface area contributed by atoms with Gasteiger partial charge in [-0.15, -0.1) is 0 Å². The first-order chi connectivity index (χ1) is 9.61. The maximum absolute atomic E-state index is 5.93. The van der Waals surface area contributed by atoms with Crippen molar-refractivity contribution in [3.05, 3.63) is 63.1 Å². The summed E-state index contributed by atoms with van der Waals surface area (Å²) in [5.41, 5.74) is 3.88. The molecule has 0 radical (unpaired) electrons. The molecule has 2 aromatic rings. The van der Waals surface area contributed by atoms with Gasteiger partial charge in [0.25, 0.3) is 0 Å². The van der Waals surface area contributed by atoms with Crippen LogP contribution in [-0.2, 0) is 0 Å². The smallest absolute Gasteiger partial charge is 0.0489 e. The monoisotopic (exact) mass is 349 g/mol. The van der Waals surface area contributed by atoms with E-state index in [1.54, 1.807) is 0 Å². The fourth-order valence-corrected chi connectivity index (χ4v) is 3.20. The maximum Gasteiger partial charge on any atom is 0.0489 e. The highest BCUT2D eigenvalue weighted by atomic mass is 79.9. The fraction of sp³-hybridized carbons (Fsp3) is 0.294. The van der Waals surface area contributed by atoms with Gasteiger partial charge >= 0.3 is 0 Å². The van der Waals surface area contributed by atoms with Crippen molar-refractivity contribution in [3.8, 4) is 0 Å². The molecule has 0 atom stereocenters. The normalized spacial score (nSPS) is 21.4. The molecule has 3 heteroatoms. The largest absolute Gasteiger partial charge is 0.381 e. The minimum atomic E-state index is 0.564. The molecule has 0 bridgehead atoms. The van der Waals surface area contributed by atoms with Crippen LogP contribution >= 0.6 is 27.5 Å². The fourth-order valence-electron chi connectivity index (χ4n) is 2.71. The second-order valence-corrected chi connectivity index (χ2v) is 6.84. The predicted octanol–water partition coefficient (Wildman–Crippen LogP) is 5.77. The lowest BCUT2D eigenvalue weighted by Crippen LogP contribution is -2.34. The molecule has 0 heterocycles. The molecule has 0 aliphatic heterocycles. The minimum Gasteiger partial charge on any atom is -0.381 e. The van der Waals surface area contributed by atoms with Crippen molar-refractivity contribution < 1.29 is 0 Å². The molecule has 104 valence electrons. The zero-order valence-electron chi connectivity index (χ0n) is 11.4. The van der Waals surface area contributed by atoms with Crippen molar-refractivity contribution in [2.24, 2.45) is 0 Å². The number of rotatable bonds is 3. The van der Waals surface area contributed by atoms with Crippen molar-refractivity contribution >= 4 is 33.2 Å². The van der Waals surface area contributed by atoms with Crippen LogP contribution in [0, 0.1) is 6.92 Å². The second-order valence-electron chi connectivity index (χ2n) is 5.54. The first-order valence-electron chi connectivity index (χ1n) is 6.90. The third-order valence-electron chi connectivity index (χ3n) is 3.96. The molecule has 1 aliphatic carbocycles. The van der Waals surface area contributed by atoms with Gasteiger partial charge in [0.2, 0.25) is 0 Å². The van der Waals surface area contributed by atoms with Crippen LogP contribution in [0.4, 0.5) is 5.69 Å². The average Bonchev–Trinajstić information content (AvgIpc) is 2.39. The molecule has 0 unspecified atom stereocenters. The average molecular weight is 351 g/mol. The van der Waals surface area contributed by atoms with Gasteiger partial charge in [0.1, 0.15) is 0 Å². The molecular formula is C17H17BrClN. The van der Waals surface area contributed by atoms with Crippen LogP contribution in [0.2, 0.25) is 5.02 Å². The third-order valence-corrected chi connectivity index (χ3v) is 4.90. The van der Waals surface area contributed by atoms with Crippen LogP contribution in [0.5, 0.6) is 0 Å². The first kappa shape index (κ1) is 14.0. The number of hydrogen-bond acceptors (Lipinski definition) is 1. The van der Waals surface area contributed by atoms with Gasteiger partial charge in [-0.05, 0) is 77.0 Å². The Morgan fingerprint density at radius 1 is 1.10 bits per heavy atom. The molecular weight excluding hydrogens is 334 g/mol. The maximum atomic E-state index is 5.93. The summed E-state index contributed by atoms with van der Waals surface area (Å²) in [6.45, 7) is 2.12. The number of anilines is 1. The summed E-state index contributed by atoms with van der Waals surface area (Å²) in [7, 11) is 0. The quantitative estimate of drug-likeness (QED) is 0.741. The molecule has 1 aliphatic rings. The summed E-state index contributed by atoms with van der Waals surface area (Å²) in [5.74, 6) is 0.661. The molecule has 1 N–H and O–H groups in total. The highest BCUT2D eigenvalue weighted by Gasteiger charge is 2.30. The van der Waals surface area contributed by atoms with E-state index in [1.165, 1.54) is 29.7 Å². The zero-order chi connectivity index (χ0) is 14.1. The van der Waals surface area contributed by atoms with Crippen molar-refractivity contribution in [1.29, 1.82) is 0 Å². The molecule has 1 saturated carbocycles. The summed E-state index contributed by atoms with van der Waals surface area (Å²) in [5, 5.41) is 4.44. The van der Waals surface area contributed by atoms with E-state index in [4.69, 9.17) is 11.6 Å². The molecule has 0 saturated heterocycles.